The Bertz CT molecular complexity index is 905. The van der Waals surface area contributed by atoms with Crippen LogP contribution in [0.5, 0.6) is 5.75 Å². The number of carbonyl (C=O) groups is 2. The molecule has 0 bridgehead atoms. The van der Waals surface area contributed by atoms with Gasteiger partial charge in [-0.25, -0.2) is 0 Å². The van der Waals surface area contributed by atoms with Crippen LogP contribution in [-0.4, -0.2) is 28.8 Å². The monoisotopic (exact) mass is 396 g/mol. The molecular weight excluding hydrogens is 368 g/mol. The fourth-order valence-corrected chi connectivity index (χ4v) is 6.99. The van der Waals surface area contributed by atoms with Crippen molar-refractivity contribution in [3.63, 3.8) is 0 Å². The first-order valence-corrected chi connectivity index (χ1v) is 10.7. The number of phenolic OH excluding ortho intramolecular Hbond substituents is 1. The van der Waals surface area contributed by atoms with Gasteiger partial charge in [-0.05, 0) is 79.2 Å². The minimum Gasteiger partial charge on any atom is -0.508 e. The van der Waals surface area contributed by atoms with E-state index >= 15 is 0 Å². The van der Waals surface area contributed by atoms with E-state index in [1.165, 1.54) is 18.1 Å². The lowest BCUT2D eigenvalue weighted by Crippen LogP contribution is -2.57. The lowest BCUT2D eigenvalue weighted by molar-refractivity contribution is -0.192. The van der Waals surface area contributed by atoms with Gasteiger partial charge in [0.05, 0.1) is 6.42 Å². The lowest BCUT2D eigenvalue weighted by atomic mass is 9.53. The molecule has 3 aliphatic carbocycles. The summed E-state index contributed by atoms with van der Waals surface area (Å²) in [6.07, 6.45) is 8.37. The minimum atomic E-state index is -0.862. The van der Waals surface area contributed by atoms with E-state index in [2.05, 4.69) is 13.0 Å². The van der Waals surface area contributed by atoms with Crippen molar-refractivity contribution in [1.82, 2.24) is 0 Å². The molecule has 5 rings (SSSR count). The smallest absolute Gasteiger partial charge is 0.310 e. The fraction of sp³-hybridized carbons (Fsp3) is 0.583. The van der Waals surface area contributed by atoms with Crippen LogP contribution in [0.3, 0.4) is 0 Å². The topological polar surface area (TPSA) is 72.8 Å². The molecule has 1 aliphatic heterocycles. The van der Waals surface area contributed by atoms with Crippen molar-refractivity contribution in [1.29, 1.82) is 0 Å². The van der Waals surface area contributed by atoms with Crippen molar-refractivity contribution in [2.75, 3.05) is 0 Å². The molecule has 1 heterocycles. The summed E-state index contributed by atoms with van der Waals surface area (Å²) in [5.74, 6) is 0.969. The molecule has 1 aromatic rings. The van der Waals surface area contributed by atoms with E-state index in [4.69, 9.17) is 9.47 Å². The Morgan fingerprint density at radius 1 is 1.31 bits per heavy atom. The number of rotatable bonds is 1. The van der Waals surface area contributed by atoms with Crippen LogP contribution in [0.4, 0.5) is 0 Å². The number of hydrogen-bond donors (Lipinski definition) is 1. The minimum absolute atomic E-state index is 0.238. The van der Waals surface area contributed by atoms with E-state index < -0.39 is 11.7 Å². The third-order valence-electron chi connectivity index (χ3n) is 8.18. The van der Waals surface area contributed by atoms with Gasteiger partial charge in [0.25, 0.3) is 0 Å². The number of aromatic hydroxyl groups is 1. The van der Waals surface area contributed by atoms with Gasteiger partial charge in [0.1, 0.15) is 11.9 Å². The highest BCUT2D eigenvalue weighted by atomic mass is 16.6. The summed E-state index contributed by atoms with van der Waals surface area (Å²) in [5, 5.41) is 9.88. The second-order valence-corrected chi connectivity index (χ2v) is 9.46. The van der Waals surface area contributed by atoms with Crippen LogP contribution in [0.2, 0.25) is 0 Å². The van der Waals surface area contributed by atoms with Gasteiger partial charge in [0.2, 0.25) is 0 Å². The molecule has 6 atom stereocenters. The van der Waals surface area contributed by atoms with Crippen LogP contribution < -0.4 is 0 Å². The summed E-state index contributed by atoms with van der Waals surface area (Å²) in [5.41, 5.74) is 1.49. The number of aryl methyl sites for hydroxylation is 1. The number of hydrogen-bond acceptors (Lipinski definition) is 5. The summed E-state index contributed by atoms with van der Waals surface area (Å²) in [4.78, 5) is 24.2. The Balaban J connectivity index is 1.56. The van der Waals surface area contributed by atoms with E-state index in [-0.39, 0.29) is 23.8 Å². The zero-order chi connectivity index (χ0) is 20.4. The summed E-state index contributed by atoms with van der Waals surface area (Å²) >= 11 is 0. The van der Waals surface area contributed by atoms with Crippen molar-refractivity contribution in [2.45, 2.75) is 70.0 Å². The first-order valence-electron chi connectivity index (χ1n) is 10.7. The Hall–Kier alpha value is -2.30. The maximum absolute atomic E-state index is 12.3. The highest BCUT2D eigenvalue weighted by Crippen LogP contribution is 2.66. The lowest BCUT2D eigenvalue weighted by Gasteiger charge is -2.54. The number of fused-ring (bicyclic) bond motifs is 6. The number of benzene rings is 1. The highest BCUT2D eigenvalue weighted by molar-refractivity contribution is 5.74. The Morgan fingerprint density at radius 3 is 2.90 bits per heavy atom. The molecule has 4 aliphatic rings. The van der Waals surface area contributed by atoms with Gasteiger partial charge in [-0.15, -0.1) is 0 Å². The molecule has 1 aromatic carbocycles. The third kappa shape index (κ3) is 2.59. The number of esters is 2. The Kier molecular flexibility index (Phi) is 4.10. The highest BCUT2D eigenvalue weighted by Gasteiger charge is 2.69. The van der Waals surface area contributed by atoms with E-state index in [0.29, 0.717) is 23.5 Å². The van der Waals surface area contributed by atoms with Gasteiger partial charge in [0, 0.05) is 12.3 Å². The zero-order valence-electron chi connectivity index (χ0n) is 17.0. The molecular formula is C24H28O5. The van der Waals surface area contributed by atoms with E-state index in [9.17, 15) is 14.7 Å². The van der Waals surface area contributed by atoms with E-state index in [0.717, 1.165) is 32.1 Å². The van der Waals surface area contributed by atoms with Crippen LogP contribution in [0.15, 0.2) is 30.4 Å². The average molecular weight is 396 g/mol. The van der Waals surface area contributed by atoms with Crippen molar-refractivity contribution in [3.05, 3.63) is 41.5 Å². The molecule has 2 fully saturated rings. The molecule has 0 radical (unpaired) electrons. The van der Waals surface area contributed by atoms with Gasteiger partial charge in [0.15, 0.2) is 5.60 Å². The fourth-order valence-electron chi connectivity index (χ4n) is 6.99. The predicted octanol–water partition coefficient (Wildman–Crippen LogP) is 4.03. The maximum Gasteiger partial charge on any atom is 0.310 e. The molecule has 154 valence electrons. The molecule has 5 nitrogen and oxygen atoms in total. The molecule has 0 unspecified atom stereocenters. The second kappa shape index (κ2) is 6.35. The molecule has 2 saturated carbocycles. The molecule has 0 saturated heterocycles. The van der Waals surface area contributed by atoms with Gasteiger partial charge in [-0.1, -0.05) is 19.1 Å². The quantitative estimate of drug-likeness (QED) is 0.573. The van der Waals surface area contributed by atoms with Crippen molar-refractivity contribution < 1.29 is 24.2 Å². The van der Waals surface area contributed by atoms with Gasteiger partial charge in [-0.3, -0.25) is 9.59 Å². The maximum atomic E-state index is 12.3. The average Bonchev–Trinajstić information content (AvgIpc) is 2.89. The standard InChI is InChI=1S/C24H28O5/c1-14(25)28-21-13-20-19-7-5-15-12-16(26)6-8-17(15)18(19)9-11-23(20,2)24(21)10-3-4-22(27)29-24/h3,6,8,10,12,18-21,26H,4-5,7,9,11,13H2,1-2H3/t18-,19-,20+,21+,23+,24+/m1/s1. The summed E-state index contributed by atoms with van der Waals surface area (Å²) in [7, 11) is 0. The first-order chi connectivity index (χ1) is 13.8. The largest absolute Gasteiger partial charge is 0.508 e. The van der Waals surface area contributed by atoms with Crippen molar-refractivity contribution >= 4 is 11.9 Å². The molecule has 1 N–H and O–H groups in total. The van der Waals surface area contributed by atoms with Crippen molar-refractivity contribution in [2.24, 2.45) is 17.3 Å². The van der Waals surface area contributed by atoms with Gasteiger partial charge in [-0.2, -0.15) is 0 Å². The second-order valence-electron chi connectivity index (χ2n) is 9.46. The SMILES string of the molecule is CC(=O)O[C@H]1C[C@H]2[C@@H]3CCc4cc(O)ccc4[C@H]3CC[C@]2(C)[C@]12C=CCC(=O)O2. The molecule has 1 spiro atoms. The Labute approximate surface area is 171 Å². The third-order valence-corrected chi connectivity index (χ3v) is 8.18. The summed E-state index contributed by atoms with van der Waals surface area (Å²) in [6, 6.07) is 5.78. The van der Waals surface area contributed by atoms with Crippen LogP contribution >= 0.6 is 0 Å². The van der Waals surface area contributed by atoms with Crippen LogP contribution in [0.25, 0.3) is 0 Å². The van der Waals surface area contributed by atoms with E-state index in [1.54, 1.807) is 6.07 Å². The first kappa shape index (κ1) is 18.7. The predicted molar refractivity (Wildman–Crippen MR) is 106 cm³/mol. The van der Waals surface area contributed by atoms with Crippen LogP contribution in [0.1, 0.15) is 63.0 Å². The molecule has 29 heavy (non-hydrogen) atoms. The van der Waals surface area contributed by atoms with E-state index in [1.807, 2.05) is 18.2 Å². The van der Waals surface area contributed by atoms with Crippen LogP contribution in [-0.2, 0) is 25.5 Å². The number of carbonyl (C=O) groups excluding carboxylic acids is 2. The summed E-state index contributed by atoms with van der Waals surface area (Å²) < 4.78 is 11.8. The zero-order valence-corrected chi connectivity index (χ0v) is 17.0. The normalized spacial score (nSPS) is 40.0. The van der Waals surface area contributed by atoms with Crippen LogP contribution in [0, 0.1) is 17.3 Å². The Morgan fingerprint density at radius 2 is 2.14 bits per heavy atom. The summed E-state index contributed by atoms with van der Waals surface area (Å²) in [6.45, 7) is 3.66. The van der Waals surface area contributed by atoms with Crippen molar-refractivity contribution in [3.8, 4) is 5.75 Å². The molecule has 0 amide bonds. The molecule has 5 heteroatoms. The van der Waals surface area contributed by atoms with Gasteiger partial charge >= 0.3 is 11.9 Å². The van der Waals surface area contributed by atoms with Gasteiger partial charge < -0.3 is 14.6 Å². The molecule has 0 aromatic heterocycles. The number of ether oxygens (including phenoxy) is 2. The number of phenols is 1.